The maximum absolute atomic E-state index is 14.3. The first-order valence-electron chi connectivity index (χ1n) is 9.84. The van der Waals surface area contributed by atoms with E-state index in [1.165, 1.54) is 43.3 Å². The fraction of sp³-hybridized carbons (Fsp3) is 0.292. The maximum atomic E-state index is 14.3. The number of benzene rings is 2. The van der Waals surface area contributed by atoms with E-state index in [0.717, 1.165) is 25.5 Å². The van der Waals surface area contributed by atoms with Crippen molar-refractivity contribution in [2.24, 2.45) is 5.73 Å². The van der Waals surface area contributed by atoms with Crippen LogP contribution in [0.5, 0.6) is 0 Å². The van der Waals surface area contributed by atoms with E-state index in [-0.39, 0.29) is 29.6 Å². The fourth-order valence-electron chi connectivity index (χ4n) is 3.09. The summed E-state index contributed by atoms with van der Waals surface area (Å²) in [6.07, 6.45) is 3.02. The lowest BCUT2D eigenvalue weighted by Gasteiger charge is -2.23. The number of carbonyl (C=O) groups excluding carboxylic acids is 1. The molecule has 0 spiro atoms. The molecular weight excluding hydrogens is 405 g/mol. The van der Waals surface area contributed by atoms with Gasteiger partial charge in [0.2, 0.25) is 0 Å². The van der Waals surface area contributed by atoms with E-state index in [1.54, 1.807) is 0 Å². The summed E-state index contributed by atoms with van der Waals surface area (Å²) in [7, 11) is 0. The lowest BCUT2D eigenvalue weighted by Crippen LogP contribution is -2.31. The number of nitrogens with one attached hydrogen (secondary N) is 1. The van der Waals surface area contributed by atoms with E-state index >= 15 is 0 Å². The second kappa shape index (κ2) is 9.39. The number of ketones is 1. The van der Waals surface area contributed by atoms with Crippen molar-refractivity contribution < 1.29 is 24.5 Å². The molecule has 2 rings (SSSR count). The van der Waals surface area contributed by atoms with Crippen LogP contribution in [0.4, 0.5) is 18.9 Å². The summed E-state index contributed by atoms with van der Waals surface area (Å²) in [6.45, 7) is 8.09. The lowest BCUT2D eigenvalue weighted by molar-refractivity contribution is 0.0182. The van der Waals surface area contributed by atoms with Crippen LogP contribution in [0.3, 0.4) is 0 Å². The molecule has 168 valence electrons. The summed E-state index contributed by atoms with van der Waals surface area (Å²) in [5.74, 6) is -4.80. The number of allylic oxidation sites excluding steroid dienone is 1. The number of rotatable bonds is 9. The highest BCUT2D eigenvalue weighted by Gasteiger charge is 2.29. The van der Waals surface area contributed by atoms with Gasteiger partial charge in [0.05, 0.1) is 11.1 Å². The number of alkyl halides is 2. The topological polar surface area (TPSA) is 75.4 Å². The van der Waals surface area contributed by atoms with Gasteiger partial charge in [-0.25, -0.2) is 13.2 Å². The van der Waals surface area contributed by atoms with E-state index in [4.69, 9.17) is 5.73 Å². The molecule has 0 bridgehead atoms. The Morgan fingerprint density at radius 1 is 1.26 bits per heavy atom. The van der Waals surface area contributed by atoms with Gasteiger partial charge in [-0.15, -0.1) is 0 Å². The van der Waals surface area contributed by atoms with Gasteiger partial charge >= 0.3 is 0 Å². The minimum absolute atomic E-state index is 0. The van der Waals surface area contributed by atoms with Crippen LogP contribution in [0.15, 0.2) is 55.1 Å². The Morgan fingerprint density at radius 2 is 1.94 bits per heavy atom. The van der Waals surface area contributed by atoms with Gasteiger partial charge in [0.15, 0.2) is 5.78 Å². The van der Waals surface area contributed by atoms with Gasteiger partial charge in [-0.2, -0.15) is 0 Å². The first-order chi connectivity index (χ1) is 14.4. The van der Waals surface area contributed by atoms with E-state index in [9.17, 15) is 23.1 Å². The Balaban J connectivity index is 0.00000512. The molecule has 0 aliphatic rings. The van der Waals surface area contributed by atoms with Crippen molar-refractivity contribution >= 4 is 17.2 Å². The number of hydrogen-bond donors (Lipinski definition) is 3. The number of halogens is 3. The number of hydrogen-bond acceptors (Lipinski definition) is 4. The monoisotopic (exact) mass is 434 g/mol. The molecule has 0 aromatic heterocycles. The average Bonchev–Trinajstić information content (AvgIpc) is 2.70. The summed E-state index contributed by atoms with van der Waals surface area (Å²) < 4.78 is 42.6. The summed E-state index contributed by atoms with van der Waals surface area (Å²) in [6, 6.07) is 8.03. The summed E-state index contributed by atoms with van der Waals surface area (Å²) >= 11 is 0. The van der Waals surface area contributed by atoms with Crippen LogP contribution in [-0.4, -0.2) is 17.4 Å². The molecule has 4 N–H and O–H groups in total. The second-order valence-electron chi connectivity index (χ2n) is 7.65. The highest BCUT2D eigenvalue weighted by molar-refractivity contribution is 6.04. The second-order valence-corrected chi connectivity index (χ2v) is 7.65. The Morgan fingerprint density at radius 3 is 2.48 bits per heavy atom. The molecule has 0 fully saturated rings. The van der Waals surface area contributed by atoms with Crippen molar-refractivity contribution in [2.75, 3.05) is 11.9 Å². The van der Waals surface area contributed by atoms with Gasteiger partial charge in [-0.3, -0.25) is 4.79 Å². The molecule has 2 aromatic rings. The molecule has 4 nitrogen and oxygen atoms in total. The van der Waals surface area contributed by atoms with Gasteiger partial charge in [0.25, 0.3) is 5.92 Å². The van der Waals surface area contributed by atoms with Crippen molar-refractivity contribution in [1.29, 1.82) is 0 Å². The maximum Gasteiger partial charge on any atom is 0.272 e. The van der Waals surface area contributed by atoms with Gasteiger partial charge in [0, 0.05) is 31.7 Å². The number of anilines is 1. The molecule has 0 aliphatic heterocycles. The van der Waals surface area contributed by atoms with E-state index in [1.807, 2.05) is 6.92 Å². The molecule has 1 atom stereocenters. The molecule has 7 heteroatoms. The van der Waals surface area contributed by atoms with Crippen LogP contribution < -0.4 is 11.1 Å². The first kappa shape index (κ1) is 24.2. The predicted molar refractivity (Wildman–Crippen MR) is 120 cm³/mol. The van der Waals surface area contributed by atoms with Gasteiger partial charge < -0.3 is 16.2 Å². The fourth-order valence-corrected chi connectivity index (χ4v) is 3.09. The molecule has 0 saturated carbocycles. The molecule has 0 heterocycles. The van der Waals surface area contributed by atoms with Gasteiger partial charge in [-0.1, -0.05) is 19.6 Å². The van der Waals surface area contributed by atoms with Crippen molar-refractivity contribution in [3.05, 3.63) is 83.2 Å². The van der Waals surface area contributed by atoms with Crippen molar-refractivity contribution in [3.63, 3.8) is 0 Å². The van der Waals surface area contributed by atoms with E-state index < -0.39 is 23.1 Å². The third-order valence-corrected chi connectivity index (χ3v) is 4.83. The number of nitrogens with two attached hydrogens (primary N) is 1. The molecule has 0 radical (unpaired) electrons. The van der Waals surface area contributed by atoms with E-state index in [2.05, 4.69) is 11.9 Å². The molecular formula is C24H29F3N2O2. The zero-order chi connectivity index (χ0) is 23.4. The minimum Gasteiger partial charge on any atom is -0.508 e. The Hall–Kier alpha value is -3.06. The van der Waals surface area contributed by atoms with Crippen LogP contribution in [0.25, 0.3) is 5.76 Å². The minimum atomic E-state index is -3.13. The molecule has 0 aliphatic carbocycles. The Kier molecular flexibility index (Phi) is 7.33. The van der Waals surface area contributed by atoms with Crippen molar-refractivity contribution in [3.8, 4) is 0 Å². The third-order valence-electron chi connectivity index (χ3n) is 4.83. The number of carbonyl (C=O) groups is 1. The molecule has 1 unspecified atom stereocenters. The third kappa shape index (κ3) is 5.76. The van der Waals surface area contributed by atoms with Crippen molar-refractivity contribution in [1.82, 2.24) is 0 Å². The van der Waals surface area contributed by atoms with Gasteiger partial charge in [-0.05, 0) is 61.4 Å². The number of aliphatic hydroxyl groups is 1. The normalized spacial score (nSPS) is 14.1. The SMILES string of the molecule is C=CC(=O)c1ccc(C(C)(N)/C=C(\O)c2ccc(NCCC)c(C(C)(F)F)c2)cc1F.[HH]. The number of aliphatic hydroxyl groups excluding tert-OH is 1. The largest absolute Gasteiger partial charge is 0.508 e. The Bertz CT molecular complexity index is 1010. The summed E-state index contributed by atoms with van der Waals surface area (Å²) in [5, 5.41) is 13.5. The molecule has 0 amide bonds. The predicted octanol–water partition coefficient (Wildman–Crippen LogP) is 6.15. The zero-order valence-corrected chi connectivity index (χ0v) is 17.8. The Labute approximate surface area is 181 Å². The van der Waals surface area contributed by atoms with E-state index in [0.29, 0.717) is 12.1 Å². The standard InChI is InChI=1S/C24H27F3N2O2.H2/c1-5-11-29-20-10-7-15(12-18(20)24(4,26)27)22(31)14-23(3,28)16-8-9-17(19(25)13-16)21(30)6-2;/h6-10,12-14,29,31H,2,5,11,28H2,1,3-4H3;1H/b22-14-;. The molecule has 2 aromatic carbocycles. The molecule has 31 heavy (non-hydrogen) atoms. The lowest BCUT2D eigenvalue weighted by atomic mass is 9.90. The average molecular weight is 435 g/mol. The highest BCUT2D eigenvalue weighted by atomic mass is 19.3. The summed E-state index contributed by atoms with van der Waals surface area (Å²) in [5.41, 5.74) is 5.24. The van der Waals surface area contributed by atoms with Gasteiger partial charge in [0.1, 0.15) is 11.6 Å². The van der Waals surface area contributed by atoms with Crippen LogP contribution in [0.2, 0.25) is 0 Å². The molecule has 0 saturated heterocycles. The zero-order valence-electron chi connectivity index (χ0n) is 17.8. The smallest absolute Gasteiger partial charge is 0.272 e. The van der Waals surface area contributed by atoms with Crippen LogP contribution in [0.1, 0.15) is 55.7 Å². The highest BCUT2D eigenvalue weighted by Crippen LogP contribution is 2.35. The first-order valence-corrected chi connectivity index (χ1v) is 9.84. The van der Waals surface area contributed by atoms with Crippen LogP contribution >= 0.6 is 0 Å². The summed E-state index contributed by atoms with van der Waals surface area (Å²) in [4.78, 5) is 11.7. The van der Waals surface area contributed by atoms with Crippen LogP contribution in [0, 0.1) is 5.82 Å². The quantitative estimate of drug-likeness (QED) is 0.251. The van der Waals surface area contributed by atoms with Crippen LogP contribution in [-0.2, 0) is 11.5 Å². The van der Waals surface area contributed by atoms with Crippen molar-refractivity contribution in [2.45, 2.75) is 38.7 Å².